The summed E-state index contributed by atoms with van der Waals surface area (Å²) in [5.74, 6) is 0.424. The monoisotopic (exact) mass is 414 g/mol. The summed E-state index contributed by atoms with van der Waals surface area (Å²) in [5, 5.41) is 21.3. The number of rotatable bonds is 4. The Hall–Kier alpha value is -3.29. The van der Waals surface area contributed by atoms with Gasteiger partial charge in [0, 0.05) is 16.2 Å². The molecule has 0 saturated carbocycles. The first-order valence-electron chi connectivity index (χ1n) is 9.74. The lowest BCUT2D eigenvalue weighted by Gasteiger charge is -2.22. The second-order valence-corrected chi connectivity index (χ2v) is 10.4. The third-order valence-corrected chi connectivity index (χ3v) is 7.99. The lowest BCUT2D eigenvalue weighted by molar-refractivity contribution is 0.471. The highest BCUT2D eigenvalue weighted by atomic mass is 31.2. The van der Waals surface area contributed by atoms with E-state index in [1.54, 1.807) is 24.9 Å². The van der Waals surface area contributed by atoms with E-state index in [9.17, 15) is 14.8 Å². The van der Waals surface area contributed by atoms with E-state index in [-0.39, 0.29) is 11.5 Å². The van der Waals surface area contributed by atoms with E-state index < -0.39 is 7.14 Å². The van der Waals surface area contributed by atoms with Gasteiger partial charge in [-0.25, -0.2) is 0 Å². The largest absolute Gasteiger partial charge is 0.508 e. The SMILES string of the molecule is Cc1cc(-c2c(-c3ccc(O)cc3)cccc2P(C)(=O)c2ccccc2)ccc1O. The van der Waals surface area contributed by atoms with E-state index in [2.05, 4.69) is 0 Å². The van der Waals surface area contributed by atoms with Crippen molar-refractivity contribution in [1.29, 1.82) is 0 Å². The molecular weight excluding hydrogens is 391 g/mol. The molecule has 0 heterocycles. The number of hydrogen-bond donors (Lipinski definition) is 2. The average molecular weight is 414 g/mol. The molecule has 4 heteroatoms. The van der Waals surface area contributed by atoms with Crippen LogP contribution in [0.4, 0.5) is 0 Å². The molecule has 0 bridgehead atoms. The lowest BCUT2D eigenvalue weighted by Crippen LogP contribution is -2.18. The predicted octanol–water partition coefficient (Wildman–Crippen LogP) is 5.68. The molecule has 0 aliphatic heterocycles. The quantitative estimate of drug-likeness (QED) is 0.422. The molecule has 0 saturated heterocycles. The average Bonchev–Trinajstić information content (AvgIpc) is 2.76. The van der Waals surface area contributed by atoms with Crippen molar-refractivity contribution in [2.75, 3.05) is 6.66 Å². The Labute approximate surface area is 176 Å². The summed E-state index contributed by atoms with van der Waals surface area (Å²) in [6, 6.07) is 27.8. The minimum atomic E-state index is -2.90. The molecule has 3 nitrogen and oxygen atoms in total. The van der Waals surface area contributed by atoms with Crippen LogP contribution in [0.1, 0.15) is 5.56 Å². The van der Waals surface area contributed by atoms with Gasteiger partial charge in [-0.3, -0.25) is 0 Å². The fourth-order valence-electron chi connectivity index (χ4n) is 3.74. The molecule has 1 unspecified atom stereocenters. The first kappa shape index (κ1) is 20.0. The number of phenolic OH excluding ortho intramolecular Hbond substituents is 2. The number of aryl methyl sites for hydroxylation is 1. The summed E-state index contributed by atoms with van der Waals surface area (Å²) in [6.45, 7) is 3.65. The second kappa shape index (κ2) is 7.85. The van der Waals surface area contributed by atoms with Crippen molar-refractivity contribution < 1.29 is 14.8 Å². The molecule has 150 valence electrons. The van der Waals surface area contributed by atoms with E-state index in [0.717, 1.165) is 38.4 Å². The van der Waals surface area contributed by atoms with E-state index in [1.807, 2.05) is 79.7 Å². The van der Waals surface area contributed by atoms with Crippen LogP contribution in [0.2, 0.25) is 0 Å². The third-order valence-electron chi connectivity index (χ3n) is 5.41. The number of aromatic hydroxyl groups is 2. The molecule has 4 aromatic carbocycles. The van der Waals surface area contributed by atoms with Crippen LogP contribution >= 0.6 is 7.14 Å². The molecule has 30 heavy (non-hydrogen) atoms. The van der Waals surface area contributed by atoms with Gasteiger partial charge in [0.1, 0.15) is 18.6 Å². The molecular formula is C26H23O3P. The molecule has 0 aromatic heterocycles. The van der Waals surface area contributed by atoms with E-state index >= 15 is 0 Å². The highest BCUT2D eigenvalue weighted by molar-refractivity contribution is 7.78. The molecule has 0 spiro atoms. The summed E-state index contributed by atoms with van der Waals surface area (Å²) in [7, 11) is -2.90. The highest BCUT2D eigenvalue weighted by Gasteiger charge is 2.26. The van der Waals surface area contributed by atoms with Crippen LogP contribution in [0.25, 0.3) is 22.3 Å². The Balaban J connectivity index is 2.03. The molecule has 0 radical (unpaired) electrons. The van der Waals surface area contributed by atoms with Crippen LogP contribution in [0, 0.1) is 6.92 Å². The van der Waals surface area contributed by atoms with Gasteiger partial charge in [-0.05, 0) is 60.1 Å². The van der Waals surface area contributed by atoms with Gasteiger partial charge in [0.05, 0.1) is 0 Å². The fourth-order valence-corrected chi connectivity index (χ4v) is 5.81. The van der Waals surface area contributed by atoms with Gasteiger partial charge < -0.3 is 14.8 Å². The summed E-state index contributed by atoms with van der Waals surface area (Å²) < 4.78 is 14.1. The Morgan fingerprint density at radius 2 is 1.40 bits per heavy atom. The first-order chi connectivity index (χ1) is 14.4. The van der Waals surface area contributed by atoms with E-state index in [0.29, 0.717) is 0 Å². The summed E-state index contributed by atoms with van der Waals surface area (Å²) in [4.78, 5) is 0. The third kappa shape index (κ3) is 3.65. The van der Waals surface area contributed by atoms with Crippen LogP contribution in [0.5, 0.6) is 11.5 Å². The first-order valence-corrected chi connectivity index (χ1v) is 11.9. The summed E-state index contributed by atoms with van der Waals surface area (Å²) >= 11 is 0. The molecule has 0 aliphatic rings. The zero-order chi connectivity index (χ0) is 21.3. The van der Waals surface area contributed by atoms with Crippen molar-refractivity contribution in [3.63, 3.8) is 0 Å². The van der Waals surface area contributed by atoms with Gasteiger partial charge in [-0.1, -0.05) is 66.7 Å². The molecule has 4 aromatic rings. The Kier molecular flexibility index (Phi) is 5.24. The minimum absolute atomic E-state index is 0.197. The van der Waals surface area contributed by atoms with Crippen molar-refractivity contribution in [3.8, 4) is 33.8 Å². The smallest absolute Gasteiger partial charge is 0.140 e. The van der Waals surface area contributed by atoms with Crippen LogP contribution < -0.4 is 10.6 Å². The lowest BCUT2D eigenvalue weighted by atomic mass is 9.93. The van der Waals surface area contributed by atoms with Gasteiger partial charge in [-0.15, -0.1) is 0 Å². The van der Waals surface area contributed by atoms with Crippen molar-refractivity contribution in [2.45, 2.75) is 6.92 Å². The number of hydrogen-bond acceptors (Lipinski definition) is 3. The fraction of sp³-hybridized carbons (Fsp3) is 0.0769. The molecule has 2 N–H and O–H groups in total. The van der Waals surface area contributed by atoms with Gasteiger partial charge in [0.2, 0.25) is 0 Å². The molecule has 0 fully saturated rings. The zero-order valence-electron chi connectivity index (χ0n) is 16.9. The summed E-state index contributed by atoms with van der Waals surface area (Å²) in [5.41, 5.74) is 4.37. The molecule has 0 aliphatic carbocycles. The minimum Gasteiger partial charge on any atom is -0.508 e. The standard InChI is InChI=1S/C26H23O3P/c1-18-17-20(13-16-24(18)28)26-23(19-11-14-21(27)15-12-19)9-6-10-25(26)30(2,29)22-7-4-3-5-8-22/h3-17,27-28H,1-2H3. The van der Waals surface area contributed by atoms with Gasteiger partial charge >= 0.3 is 0 Å². The maximum Gasteiger partial charge on any atom is 0.140 e. The summed E-state index contributed by atoms with van der Waals surface area (Å²) in [6.07, 6.45) is 0. The zero-order valence-corrected chi connectivity index (χ0v) is 17.8. The Morgan fingerprint density at radius 1 is 0.733 bits per heavy atom. The van der Waals surface area contributed by atoms with E-state index in [4.69, 9.17) is 0 Å². The van der Waals surface area contributed by atoms with E-state index in [1.165, 1.54) is 0 Å². The van der Waals surface area contributed by atoms with Crippen LogP contribution in [-0.4, -0.2) is 16.9 Å². The van der Waals surface area contributed by atoms with Gasteiger partial charge in [-0.2, -0.15) is 0 Å². The highest BCUT2D eigenvalue weighted by Crippen LogP contribution is 2.45. The van der Waals surface area contributed by atoms with Gasteiger partial charge in [0.25, 0.3) is 0 Å². The maximum atomic E-state index is 14.1. The topological polar surface area (TPSA) is 57.5 Å². The normalized spacial score (nSPS) is 13.0. The van der Waals surface area contributed by atoms with Crippen molar-refractivity contribution in [1.82, 2.24) is 0 Å². The Bertz CT molecular complexity index is 1250. The maximum absolute atomic E-state index is 14.1. The molecule has 4 rings (SSSR count). The predicted molar refractivity (Wildman–Crippen MR) is 125 cm³/mol. The molecule has 0 amide bonds. The number of benzene rings is 4. The van der Waals surface area contributed by atoms with Crippen molar-refractivity contribution in [3.05, 3.63) is 96.6 Å². The van der Waals surface area contributed by atoms with Crippen LogP contribution in [0.3, 0.4) is 0 Å². The van der Waals surface area contributed by atoms with Crippen LogP contribution in [-0.2, 0) is 4.57 Å². The van der Waals surface area contributed by atoms with Crippen molar-refractivity contribution >= 4 is 17.8 Å². The number of phenols is 2. The van der Waals surface area contributed by atoms with Crippen molar-refractivity contribution in [2.24, 2.45) is 0 Å². The molecule has 1 atom stereocenters. The van der Waals surface area contributed by atoms with Gasteiger partial charge in [0.15, 0.2) is 0 Å². The second-order valence-electron chi connectivity index (χ2n) is 7.51. The van der Waals surface area contributed by atoms with Crippen LogP contribution in [0.15, 0.2) is 91.0 Å². The Morgan fingerprint density at radius 3 is 2.07 bits per heavy atom.